The van der Waals surface area contributed by atoms with Gasteiger partial charge in [0.2, 0.25) is 0 Å². The highest BCUT2D eigenvalue weighted by Crippen LogP contribution is 2.30. The molecule has 0 aliphatic carbocycles. The number of rotatable bonds is 2. The third-order valence-electron chi connectivity index (χ3n) is 3.25. The van der Waals surface area contributed by atoms with Gasteiger partial charge in [-0.1, -0.05) is 46.3 Å². The lowest BCUT2D eigenvalue weighted by atomic mass is 10.0. The average molecular weight is 326 g/mol. The molecule has 0 bridgehead atoms. The SMILES string of the molecule is Cc1cc(Br)c2cc(-c3ccccc3)c(C=O)nc2c1. The normalized spacial score (nSPS) is 10.7. The van der Waals surface area contributed by atoms with Gasteiger partial charge in [-0.05, 0) is 36.2 Å². The van der Waals surface area contributed by atoms with Crippen LogP contribution in [0.3, 0.4) is 0 Å². The first-order valence-corrected chi connectivity index (χ1v) is 7.10. The Balaban J connectivity index is 2.35. The molecular formula is C17H12BrNO. The zero-order valence-corrected chi connectivity index (χ0v) is 12.5. The summed E-state index contributed by atoms with van der Waals surface area (Å²) < 4.78 is 0.995. The summed E-state index contributed by atoms with van der Waals surface area (Å²) in [5, 5.41) is 1.01. The molecule has 0 atom stereocenters. The van der Waals surface area contributed by atoms with Crippen molar-refractivity contribution >= 4 is 33.1 Å². The molecule has 2 aromatic carbocycles. The quantitative estimate of drug-likeness (QED) is 0.634. The van der Waals surface area contributed by atoms with E-state index in [1.165, 1.54) is 0 Å². The third kappa shape index (κ3) is 2.25. The number of aryl methyl sites for hydroxylation is 1. The largest absolute Gasteiger partial charge is 0.296 e. The van der Waals surface area contributed by atoms with Gasteiger partial charge in [0.1, 0.15) is 5.69 Å². The summed E-state index contributed by atoms with van der Waals surface area (Å²) in [6.45, 7) is 2.01. The molecule has 2 nitrogen and oxygen atoms in total. The first kappa shape index (κ1) is 13.0. The highest BCUT2D eigenvalue weighted by atomic mass is 79.9. The third-order valence-corrected chi connectivity index (χ3v) is 3.91. The Morgan fingerprint density at radius 1 is 1.10 bits per heavy atom. The number of carbonyl (C=O) groups excluding carboxylic acids is 1. The molecule has 98 valence electrons. The van der Waals surface area contributed by atoms with Crippen molar-refractivity contribution in [2.45, 2.75) is 6.92 Å². The van der Waals surface area contributed by atoms with E-state index in [-0.39, 0.29) is 0 Å². The van der Waals surface area contributed by atoms with Gasteiger partial charge in [-0.3, -0.25) is 4.79 Å². The highest BCUT2D eigenvalue weighted by molar-refractivity contribution is 9.10. The maximum Gasteiger partial charge on any atom is 0.169 e. The Kier molecular flexibility index (Phi) is 3.36. The van der Waals surface area contributed by atoms with Gasteiger partial charge in [0, 0.05) is 15.4 Å². The van der Waals surface area contributed by atoms with Gasteiger partial charge in [-0.25, -0.2) is 4.98 Å². The summed E-state index contributed by atoms with van der Waals surface area (Å²) in [5.74, 6) is 0. The molecule has 20 heavy (non-hydrogen) atoms. The second-order valence-corrected chi connectivity index (χ2v) is 5.57. The second-order valence-electron chi connectivity index (χ2n) is 4.72. The van der Waals surface area contributed by atoms with Crippen molar-refractivity contribution in [3.05, 3.63) is 64.3 Å². The van der Waals surface area contributed by atoms with Crippen molar-refractivity contribution in [2.75, 3.05) is 0 Å². The average Bonchev–Trinajstić information content (AvgIpc) is 2.46. The van der Waals surface area contributed by atoms with Gasteiger partial charge in [-0.2, -0.15) is 0 Å². The van der Waals surface area contributed by atoms with E-state index >= 15 is 0 Å². The maximum absolute atomic E-state index is 11.3. The fourth-order valence-corrected chi connectivity index (χ4v) is 3.00. The van der Waals surface area contributed by atoms with Crippen LogP contribution in [0.5, 0.6) is 0 Å². The van der Waals surface area contributed by atoms with Crippen LogP contribution in [-0.2, 0) is 0 Å². The summed E-state index contributed by atoms with van der Waals surface area (Å²) in [7, 11) is 0. The Labute approximate surface area is 125 Å². The molecule has 3 aromatic rings. The van der Waals surface area contributed by atoms with E-state index in [2.05, 4.69) is 27.0 Å². The number of nitrogens with zero attached hydrogens (tertiary/aromatic N) is 1. The highest BCUT2D eigenvalue weighted by Gasteiger charge is 2.10. The van der Waals surface area contributed by atoms with Crippen molar-refractivity contribution < 1.29 is 4.79 Å². The van der Waals surface area contributed by atoms with E-state index in [1.54, 1.807) is 0 Å². The molecular weight excluding hydrogens is 314 g/mol. The monoisotopic (exact) mass is 325 g/mol. The summed E-state index contributed by atoms with van der Waals surface area (Å²) in [6.07, 6.45) is 0.817. The maximum atomic E-state index is 11.3. The van der Waals surface area contributed by atoms with E-state index in [0.717, 1.165) is 38.4 Å². The van der Waals surface area contributed by atoms with Crippen molar-refractivity contribution in [3.63, 3.8) is 0 Å². The molecule has 0 aliphatic rings. The summed E-state index contributed by atoms with van der Waals surface area (Å²) in [4.78, 5) is 15.8. The number of hydrogen-bond acceptors (Lipinski definition) is 2. The Bertz CT molecular complexity index is 797. The molecule has 0 unspecified atom stereocenters. The first-order chi connectivity index (χ1) is 9.69. The number of aromatic nitrogens is 1. The van der Waals surface area contributed by atoms with Crippen LogP contribution in [0.2, 0.25) is 0 Å². The predicted molar refractivity (Wildman–Crippen MR) is 85.0 cm³/mol. The molecule has 0 spiro atoms. The van der Waals surface area contributed by atoms with E-state index in [4.69, 9.17) is 0 Å². The zero-order valence-electron chi connectivity index (χ0n) is 10.9. The lowest BCUT2D eigenvalue weighted by molar-refractivity contribution is 0.112. The zero-order chi connectivity index (χ0) is 14.1. The number of aldehydes is 1. The summed E-state index contributed by atoms with van der Waals surface area (Å²) in [6, 6.07) is 15.9. The van der Waals surface area contributed by atoms with Crippen LogP contribution in [0.1, 0.15) is 16.1 Å². The van der Waals surface area contributed by atoms with Gasteiger partial charge in [0.25, 0.3) is 0 Å². The van der Waals surface area contributed by atoms with Crippen LogP contribution >= 0.6 is 15.9 Å². The summed E-state index contributed by atoms with van der Waals surface area (Å²) >= 11 is 3.57. The van der Waals surface area contributed by atoms with Gasteiger partial charge in [0.05, 0.1) is 5.52 Å². The molecule has 3 heteroatoms. The Morgan fingerprint density at radius 2 is 1.85 bits per heavy atom. The van der Waals surface area contributed by atoms with E-state index in [1.807, 2.05) is 49.4 Å². The number of benzene rings is 2. The van der Waals surface area contributed by atoms with Gasteiger partial charge >= 0.3 is 0 Å². The van der Waals surface area contributed by atoms with Crippen LogP contribution in [-0.4, -0.2) is 11.3 Å². The van der Waals surface area contributed by atoms with E-state index in [9.17, 15) is 4.79 Å². The van der Waals surface area contributed by atoms with Crippen LogP contribution < -0.4 is 0 Å². The van der Waals surface area contributed by atoms with Crippen molar-refractivity contribution in [3.8, 4) is 11.1 Å². The van der Waals surface area contributed by atoms with Gasteiger partial charge in [-0.15, -0.1) is 0 Å². The van der Waals surface area contributed by atoms with Gasteiger partial charge in [0.15, 0.2) is 6.29 Å². The molecule has 0 radical (unpaired) electrons. The summed E-state index contributed by atoms with van der Waals surface area (Å²) in [5.41, 5.74) is 4.27. The molecule has 0 fully saturated rings. The van der Waals surface area contributed by atoms with Crippen LogP contribution in [0.25, 0.3) is 22.0 Å². The van der Waals surface area contributed by atoms with Crippen LogP contribution in [0.15, 0.2) is 53.0 Å². The minimum atomic E-state index is 0.473. The standard InChI is InChI=1S/C17H12BrNO/c1-11-7-15(18)14-9-13(12-5-3-2-4-6-12)17(10-20)19-16(14)8-11/h2-10H,1H3. The molecule has 0 N–H and O–H groups in total. The van der Waals surface area contributed by atoms with Crippen LogP contribution in [0, 0.1) is 6.92 Å². The predicted octanol–water partition coefficient (Wildman–Crippen LogP) is 4.79. The molecule has 0 saturated carbocycles. The van der Waals surface area contributed by atoms with E-state index in [0.29, 0.717) is 5.69 Å². The molecule has 1 aromatic heterocycles. The molecule has 0 aliphatic heterocycles. The second kappa shape index (κ2) is 5.17. The number of halogens is 1. The smallest absolute Gasteiger partial charge is 0.169 e. The molecule has 0 saturated heterocycles. The van der Waals surface area contributed by atoms with Gasteiger partial charge < -0.3 is 0 Å². The Morgan fingerprint density at radius 3 is 2.55 bits per heavy atom. The molecule has 3 rings (SSSR count). The number of hydrogen-bond donors (Lipinski definition) is 0. The number of fused-ring (bicyclic) bond motifs is 1. The van der Waals surface area contributed by atoms with Crippen LogP contribution in [0.4, 0.5) is 0 Å². The molecule has 1 heterocycles. The van der Waals surface area contributed by atoms with Crippen molar-refractivity contribution in [2.24, 2.45) is 0 Å². The first-order valence-electron chi connectivity index (χ1n) is 6.30. The number of pyridine rings is 1. The van der Waals surface area contributed by atoms with Crippen molar-refractivity contribution in [1.82, 2.24) is 4.98 Å². The fraction of sp³-hybridized carbons (Fsp3) is 0.0588. The molecule has 0 amide bonds. The van der Waals surface area contributed by atoms with Crippen molar-refractivity contribution in [1.29, 1.82) is 0 Å². The minimum absolute atomic E-state index is 0.473. The van der Waals surface area contributed by atoms with E-state index < -0.39 is 0 Å². The topological polar surface area (TPSA) is 30.0 Å². The Hall–Kier alpha value is -2.00. The number of carbonyl (C=O) groups is 1. The minimum Gasteiger partial charge on any atom is -0.296 e. The lowest BCUT2D eigenvalue weighted by Crippen LogP contribution is -1.94. The lowest BCUT2D eigenvalue weighted by Gasteiger charge is -2.09. The fourth-order valence-electron chi connectivity index (χ4n) is 2.32.